The van der Waals surface area contributed by atoms with Crippen LogP contribution in [0.15, 0.2) is 18.2 Å². The molecular formula is C11H17NO2. The SMILES string of the molecule is COc1c(CO)cccc1CC(C)N. The second-order valence-corrected chi connectivity index (χ2v) is 3.45. The number of benzene rings is 1. The summed E-state index contributed by atoms with van der Waals surface area (Å²) >= 11 is 0. The second kappa shape index (κ2) is 4.98. The zero-order chi connectivity index (χ0) is 10.6. The minimum absolute atomic E-state index is 0.00400. The van der Waals surface area contributed by atoms with Gasteiger partial charge in [-0.25, -0.2) is 0 Å². The molecule has 1 unspecified atom stereocenters. The van der Waals surface area contributed by atoms with Crippen LogP contribution in [0.1, 0.15) is 18.1 Å². The van der Waals surface area contributed by atoms with E-state index < -0.39 is 0 Å². The van der Waals surface area contributed by atoms with E-state index in [1.54, 1.807) is 7.11 Å². The molecule has 3 nitrogen and oxygen atoms in total. The molecule has 1 atom stereocenters. The quantitative estimate of drug-likeness (QED) is 0.755. The molecule has 0 aliphatic heterocycles. The van der Waals surface area contributed by atoms with Gasteiger partial charge in [0.05, 0.1) is 13.7 Å². The summed E-state index contributed by atoms with van der Waals surface area (Å²) in [5.41, 5.74) is 7.58. The Kier molecular flexibility index (Phi) is 3.92. The minimum atomic E-state index is -0.00400. The monoisotopic (exact) mass is 195 g/mol. The van der Waals surface area contributed by atoms with Crippen molar-refractivity contribution in [2.24, 2.45) is 5.73 Å². The number of aliphatic hydroxyl groups is 1. The molecule has 1 aromatic rings. The smallest absolute Gasteiger partial charge is 0.127 e. The van der Waals surface area contributed by atoms with Crippen molar-refractivity contribution in [3.8, 4) is 5.75 Å². The molecular weight excluding hydrogens is 178 g/mol. The number of methoxy groups -OCH3 is 1. The van der Waals surface area contributed by atoms with Crippen molar-refractivity contribution in [3.05, 3.63) is 29.3 Å². The molecule has 0 bridgehead atoms. The number of hydrogen-bond acceptors (Lipinski definition) is 3. The standard InChI is InChI=1S/C11H17NO2/c1-8(12)6-9-4-3-5-10(7-13)11(9)14-2/h3-5,8,13H,6-7,12H2,1-2H3. The van der Waals surface area contributed by atoms with E-state index >= 15 is 0 Å². The van der Waals surface area contributed by atoms with Crippen LogP contribution in [0.4, 0.5) is 0 Å². The lowest BCUT2D eigenvalue weighted by atomic mass is 10.0. The van der Waals surface area contributed by atoms with Crippen molar-refractivity contribution in [1.82, 2.24) is 0 Å². The summed E-state index contributed by atoms with van der Waals surface area (Å²) in [6, 6.07) is 5.83. The molecule has 0 aliphatic rings. The molecule has 0 spiro atoms. The summed E-state index contributed by atoms with van der Waals surface area (Å²) in [4.78, 5) is 0. The van der Waals surface area contributed by atoms with Crippen molar-refractivity contribution < 1.29 is 9.84 Å². The lowest BCUT2D eigenvalue weighted by Gasteiger charge is -2.13. The van der Waals surface area contributed by atoms with E-state index in [0.29, 0.717) is 0 Å². The molecule has 1 aromatic carbocycles. The van der Waals surface area contributed by atoms with Crippen molar-refractivity contribution in [2.45, 2.75) is 26.0 Å². The van der Waals surface area contributed by atoms with Crippen LogP contribution in [-0.2, 0) is 13.0 Å². The lowest BCUT2D eigenvalue weighted by Crippen LogP contribution is -2.18. The van der Waals surface area contributed by atoms with E-state index in [2.05, 4.69) is 0 Å². The first kappa shape index (κ1) is 11.0. The number of aliphatic hydroxyl groups excluding tert-OH is 1. The number of para-hydroxylation sites is 1. The van der Waals surface area contributed by atoms with Gasteiger partial charge in [-0.2, -0.15) is 0 Å². The molecule has 0 aromatic heterocycles. The maximum Gasteiger partial charge on any atom is 0.127 e. The maximum absolute atomic E-state index is 9.10. The van der Waals surface area contributed by atoms with Gasteiger partial charge in [-0.05, 0) is 18.9 Å². The molecule has 1 rings (SSSR count). The number of rotatable bonds is 4. The predicted molar refractivity (Wildman–Crippen MR) is 56.3 cm³/mol. The lowest BCUT2D eigenvalue weighted by molar-refractivity contribution is 0.273. The summed E-state index contributed by atoms with van der Waals surface area (Å²) in [7, 11) is 1.61. The van der Waals surface area contributed by atoms with Gasteiger partial charge in [0.2, 0.25) is 0 Å². The zero-order valence-corrected chi connectivity index (χ0v) is 8.66. The van der Waals surface area contributed by atoms with Crippen LogP contribution in [0.3, 0.4) is 0 Å². The van der Waals surface area contributed by atoms with Gasteiger partial charge in [-0.15, -0.1) is 0 Å². The normalized spacial score (nSPS) is 12.6. The van der Waals surface area contributed by atoms with Crippen LogP contribution >= 0.6 is 0 Å². The van der Waals surface area contributed by atoms with E-state index in [9.17, 15) is 0 Å². The zero-order valence-electron chi connectivity index (χ0n) is 8.66. The Labute approximate surface area is 84.5 Å². The molecule has 0 aliphatic carbocycles. The Morgan fingerprint density at radius 3 is 2.57 bits per heavy atom. The van der Waals surface area contributed by atoms with Gasteiger partial charge in [0.25, 0.3) is 0 Å². The van der Waals surface area contributed by atoms with Crippen molar-refractivity contribution >= 4 is 0 Å². The molecule has 0 radical (unpaired) electrons. The fraction of sp³-hybridized carbons (Fsp3) is 0.455. The highest BCUT2D eigenvalue weighted by molar-refractivity contribution is 5.41. The third-order valence-electron chi connectivity index (χ3n) is 2.09. The van der Waals surface area contributed by atoms with Crippen LogP contribution in [0, 0.1) is 0 Å². The van der Waals surface area contributed by atoms with Crippen molar-refractivity contribution in [1.29, 1.82) is 0 Å². The first-order chi connectivity index (χ1) is 6.69. The van der Waals surface area contributed by atoms with E-state index in [-0.39, 0.29) is 12.6 Å². The fourth-order valence-electron chi connectivity index (χ4n) is 1.53. The fourth-order valence-corrected chi connectivity index (χ4v) is 1.53. The molecule has 0 saturated carbocycles. The first-order valence-corrected chi connectivity index (χ1v) is 4.70. The molecule has 0 fully saturated rings. The van der Waals surface area contributed by atoms with Gasteiger partial charge < -0.3 is 15.6 Å². The van der Waals surface area contributed by atoms with E-state index in [4.69, 9.17) is 15.6 Å². The molecule has 3 heteroatoms. The highest BCUT2D eigenvalue weighted by Crippen LogP contribution is 2.24. The van der Waals surface area contributed by atoms with Gasteiger partial charge in [-0.1, -0.05) is 18.2 Å². The molecule has 0 heterocycles. The van der Waals surface area contributed by atoms with Crippen molar-refractivity contribution in [3.63, 3.8) is 0 Å². The third kappa shape index (κ3) is 2.47. The Morgan fingerprint density at radius 2 is 2.07 bits per heavy atom. The topological polar surface area (TPSA) is 55.5 Å². The van der Waals surface area contributed by atoms with Gasteiger partial charge >= 0.3 is 0 Å². The number of ether oxygens (including phenoxy) is 1. The maximum atomic E-state index is 9.10. The van der Waals surface area contributed by atoms with Gasteiger partial charge in [-0.3, -0.25) is 0 Å². The van der Waals surface area contributed by atoms with Crippen LogP contribution < -0.4 is 10.5 Å². The van der Waals surface area contributed by atoms with Crippen molar-refractivity contribution in [2.75, 3.05) is 7.11 Å². The summed E-state index contributed by atoms with van der Waals surface area (Å²) in [5, 5.41) is 9.10. The Balaban J connectivity index is 3.02. The summed E-state index contributed by atoms with van der Waals surface area (Å²) in [6.45, 7) is 1.95. The molecule has 0 saturated heterocycles. The molecule has 78 valence electrons. The average molecular weight is 195 g/mol. The third-order valence-corrected chi connectivity index (χ3v) is 2.09. The van der Waals surface area contributed by atoms with E-state index in [1.165, 1.54) is 0 Å². The van der Waals surface area contributed by atoms with Crippen LogP contribution in [0.25, 0.3) is 0 Å². The summed E-state index contributed by atoms with van der Waals surface area (Å²) in [5.74, 6) is 0.757. The second-order valence-electron chi connectivity index (χ2n) is 3.45. The van der Waals surface area contributed by atoms with Gasteiger partial charge in [0.1, 0.15) is 5.75 Å². The number of hydrogen-bond donors (Lipinski definition) is 2. The van der Waals surface area contributed by atoms with Gasteiger partial charge in [0.15, 0.2) is 0 Å². The van der Waals surface area contributed by atoms with E-state index in [1.807, 2.05) is 25.1 Å². The first-order valence-electron chi connectivity index (χ1n) is 4.70. The summed E-state index contributed by atoms with van der Waals surface area (Å²) in [6.07, 6.45) is 0.761. The summed E-state index contributed by atoms with van der Waals surface area (Å²) < 4.78 is 5.25. The molecule has 14 heavy (non-hydrogen) atoms. The Morgan fingerprint density at radius 1 is 1.43 bits per heavy atom. The molecule has 3 N–H and O–H groups in total. The highest BCUT2D eigenvalue weighted by Gasteiger charge is 2.09. The van der Waals surface area contributed by atoms with Gasteiger partial charge in [0, 0.05) is 11.6 Å². The largest absolute Gasteiger partial charge is 0.496 e. The van der Waals surface area contributed by atoms with E-state index in [0.717, 1.165) is 23.3 Å². The average Bonchev–Trinajstić information content (AvgIpc) is 2.16. The predicted octanol–water partition coefficient (Wildman–Crippen LogP) is 1.08. The number of nitrogens with two attached hydrogens (primary N) is 1. The molecule has 0 amide bonds. The minimum Gasteiger partial charge on any atom is -0.496 e. The van der Waals surface area contributed by atoms with Crippen LogP contribution in [0.2, 0.25) is 0 Å². The Bertz CT molecular complexity index is 297. The van der Waals surface area contributed by atoms with Crippen LogP contribution in [0.5, 0.6) is 5.75 Å². The highest BCUT2D eigenvalue weighted by atomic mass is 16.5. The van der Waals surface area contributed by atoms with Crippen LogP contribution in [-0.4, -0.2) is 18.3 Å². The Hall–Kier alpha value is -1.06.